The van der Waals surface area contributed by atoms with E-state index in [1.807, 2.05) is 42.5 Å². The monoisotopic (exact) mass is 322 g/mol. The number of ether oxygens (including phenoxy) is 1. The van der Waals surface area contributed by atoms with Gasteiger partial charge in [-0.1, -0.05) is 18.2 Å². The number of nitrogens with one attached hydrogen (secondary N) is 1. The molecule has 1 N–H and O–H groups in total. The molecule has 0 saturated heterocycles. The van der Waals surface area contributed by atoms with E-state index in [0.29, 0.717) is 13.0 Å². The zero-order valence-corrected chi connectivity index (χ0v) is 13.4. The third kappa shape index (κ3) is 2.52. The summed E-state index contributed by atoms with van der Waals surface area (Å²) in [7, 11) is 0. The second-order valence-electron chi connectivity index (χ2n) is 6.17. The molecule has 2 amide bonds. The van der Waals surface area contributed by atoms with Crippen LogP contribution in [0.1, 0.15) is 18.1 Å². The van der Waals surface area contributed by atoms with Crippen LogP contribution < -0.4 is 15.0 Å². The fourth-order valence-corrected chi connectivity index (χ4v) is 3.36. The number of amides is 2. The third-order valence-electron chi connectivity index (χ3n) is 4.56. The molecule has 122 valence electrons. The summed E-state index contributed by atoms with van der Waals surface area (Å²) < 4.78 is 5.72. The molecule has 5 nitrogen and oxygen atoms in total. The molecule has 2 heterocycles. The van der Waals surface area contributed by atoms with Crippen molar-refractivity contribution in [2.24, 2.45) is 0 Å². The van der Waals surface area contributed by atoms with E-state index in [1.54, 1.807) is 11.8 Å². The predicted octanol–water partition coefficient (Wildman–Crippen LogP) is 2.54. The molecule has 1 unspecified atom stereocenters. The molecule has 0 aliphatic carbocycles. The Labute approximate surface area is 140 Å². The van der Waals surface area contributed by atoms with Gasteiger partial charge in [0.25, 0.3) is 5.91 Å². The van der Waals surface area contributed by atoms with Gasteiger partial charge in [-0.15, -0.1) is 0 Å². The topological polar surface area (TPSA) is 58.6 Å². The smallest absolute Gasteiger partial charge is 0.265 e. The highest BCUT2D eigenvalue weighted by molar-refractivity contribution is 5.97. The lowest BCUT2D eigenvalue weighted by Gasteiger charge is -2.15. The normalized spacial score (nSPS) is 17.9. The van der Waals surface area contributed by atoms with E-state index in [4.69, 9.17) is 4.74 Å². The molecule has 0 fully saturated rings. The molecular weight excluding hydrogens is 304 g/mol. The molecule has 24 heavy (non-hydrogen) atoms. The molecule has 5 heteroatoms. The van der Waals surface area contributed by atoms with Crippen molar-refractivity contribution in [2.75, 3.05) is 16.8 Å². The third-order valence-corrected chi connectivity index (χ3v) is 4.56. The fourth-order valence-electron chi connectivity index (χ4n) is 3.36. The first kappa shape index (κ1) is 14.8. The van der Waals surface area contributed by atoms with E-state index in [2.05, 4.69) is 5.32 Å². The highest BCUT2D eigenvalue weighted by Gasteiger charge is 2.29. The van der Waals surface area contributed by atoms with Crippen molar-refractivity contribution in [3.63, 3.8) is 0 Å². The van der Waals surface area contributed by atoms with Crippen molar-refractivity contribution in [3.05, 3.63) is 53.6 Å². The molecule has 2 aromatic carbocycles. The van der Waals surface area contributed by atoms with Gasteiger partial charge >= 0.3 is 0 Å². The maximum atomic E-state index is 12.5. The van der Waals surface area contributed by atoms with Gasteiger partial charge in [-0.2, -0.15) is 0 Å². The number of nitrogens with zero attached hydrogens (tertiary/aromatic N) is 1. The average Bonchev–Trinajstić information content (AvgIpc) is 3.18. The summed E-state index contributed by atoms with van der Waals surface area (Å²) in [6.45, 7) is 2.27. The molecular formula is C19H18N2O3. The van der Waals surface area contributed by atoms with Crippen LogP contribution in [0.25, 0.3) is 0 Å². The Kier molecular flexibility index (Phi) is 3.49. The number of hydrogen-bond acceptors (Lipinski definition) is 3. The average molecular weight is 322 g/mol. The van der Waals surface area contributed by atoms with Crippen LogP contribution >= 0.6 is 0 Å². The first-order valence-electron chi connectivity index (χ1n) is 8.08. The van der Waals surface area contributed by atoms with Gasteiger partial charge in [0.15, 0.2) is 6.10 Å². The van der Waals surface area contributed by atoms with Crippen molar-refractivity contribution < 1.29 is 14.3 Å². The first-order valence-corrected chi connectivity index (χ1v) is 8.08. The minimum absolute atomic E-state index is 0.0441. The van der Waals surface area contributed by atoms with Crippen LogP contribution in [0.2, 0.25) is 0 Å². The van der Waals surface area contributed by atoms with Crippen molar-refractivity contribution in [1.29, 1.82) is 0 Å². The molecule has 0 bridgehead atoms. The maximum absolute atomic E-state index is 12.5. The summed E-state index contributed by atoms with van der Waals surface area (Å²) in [5.41, 5.74) is 3.82. The van der Waals surface area contributed by atoms with Crippen LogP contribution in [0, 0.1) is 0 Å². The number of para-hydroxylation sites is 1. The van der Waals surface area contributed by atoms with Crippen molar-refractivity contribution in [2.45, 2.75) is 25.9 Å². The second-order valence-corrected chi connectivity index (χ2v) is 6.17. The Hall–Kier alpha value is -2.82. The summed E-state index contributed by atoms with van der Waals surface area (Å²) in [6, 6.07) is 13.4. The van der Waals surface area contributed by atoms with Crippen LogP contribution in [0.4, 0.5) is 11.4 Å². The minimum Gasteiger partial charge on any atom is -0.480 e. The largest absolute Gasteiger partial charge is 0.480 e. The quantitative estimate of drug-likeness (QED) is 0.924. The van der Waals surface area contributed by atoms with E-state index >= 15 is 0 Å². The number of carbonyl (C=O) groups excluding carboxylic acids is 2. The van der Waals surface area contributed by atoms with Gasteiger partial charge in [0, 0.05) is 31.3 Å². The van der Waals surface area contributed by atoms with Crippen LogP contribution in [-0.4, -0.2) is 24.5 Å². The van der Waals surface area contributed by atoms with Gasteiger partial charge in [-0.05, 0) is 41.8 Å². The van der Waals surface area contributed by atoms with Crippen molar-refractivity contribution in [3.8, 4) is 5.75 Å². The Bertz CT molecular complexity index is 806. The van der Waals surface area contributed by atoms with Crippen LogP contribution in [0.5, 0.6) is 5.75 Å². The number of hydrogen-bond donors (Lipinski definition) is 1. The van der Waals surface area contributed by atoms with E-state index in [-0.39, 0.29) is 11.8 Å². The molecule has 4 rings (SSSR count). The van der Waals surface area contributed by atoms with Crippen LogP contribution in [-0.2, 0) is 22.4 Å². The maximum Gasteiger partial charge on any atom is 0.265 e. The number of benzene rings is 2. The Balaban J connectivity index is 1.47. The van der Waals surface area contributed by atoms with Crippen molar-refractivity contribution in [1.82, 2.24) is 0 Å². The van der Waals surface area contributed by atoms with Gasteiger partial charge in [-0.25, -0.2) is 0 Å². The van der Waals surface area contributed by atoms with E-state index in [1.165, 1.54) is 0 Å². The molecule has 1 atom stereocenters. The molecule has 0 saturated carbocycles. The Morgan fingerprint density at radius 2 is 2.00 bits per heavy atom. The summed E-state index contributed by atoms with van der Waals surface area (Å²) in [5, 5.41) is 2.93. The van der Waals surface area contributed by atoms with Gasteiger partial charge in [0.2, 0.25) is 5.91 Å². The van der Waals surface area contributed by atoms with Gasteiger partial charge in [-0.3, -0.25) is 9.59 Å². The minimum atomic E-state index is -0.496. The predicted molar refractivity (Wildman–Crippen MR) is 91.4 cm³/mol. The number of carbonyl (C=O) groups is 2. The number of anilines is 2. The lowest BCUT2D eigenvalue weighted by molar-refractivity contribution is -0.122. The lowest BCUT2D eigenvalue weighted by Crippen LogP contribution is -2.31. The summed E-state index contributed by atoms with van der Waals surface area (Å²) in [6.07, 6.45) is 0.902. The summed E-state index contributed by atoms with van der Waals surface area (Å²) in [4.78, 5) is 25.8. The standard InChI is InChI=1S/C19H18N2O3/c1-12(22)21-9-8-13-10-15(6-7-16(13)21)20-19(23)18-11-14-4-2-3-5-17(14)24-18/h2-7,10,18H,8-9,11H2,1H3,(H,20,23). The number of fused-ring (bicyclic) bond motifs is 2. The van der Waals surface area contributed by atoms with Crippen molar-refractivity contribution >= 4 is 23.2 Å². The molecule has 0 aromatic heterocycles. The molecule has 0 radical (unpaired) electrons. The molecule has 2 aromatic rings. The fraction of sp³-hybridized carbons (Fsp3) is 0.263. The van der Waals surface area contributed by atoms with Crippen LogP contribution in [0.15, 0.2) is 42.5 Å². The molecule has 2 aliphatic rings. The Morgan fingerprint density at radius 1 is 1.17 bits per heavy atom. The lowest BCUT2D eigenvalue weighted by atomic mass is 10.1. The van der Waals surface area contributed by atoms with E-state index in [9.17, 15) is 9.59 Å². The first-order chi connectivity index (χ1) is 11.6. The van der Waals surface area contributed by atoms with Gasteiger partial charge in [0.05, 0.1) is 0 Å². The zero-order valence-electron chi connectivity index (χ0n) is 13.4. The second kappa shape index (κ2) is 5.67. The highest BCUT2D eigenvalue weighted by Crippen LogP contribution is 2.32. The van der Waals surface area contributed by atoms with E-state index < -0.39 is 6.10 Å². The highest BCUT2D eigenvalue weighted by atomic mass is 16.5. The van der Waals surface area contributed by atoms with E-state index in [0.717, 1.165) is 34.7 Å². The number of rotatable bonds is 2. The summed E-state index contributed by atoms with van der Waals surface area (Å²) >= 11 is 0. The molecule has 2 aliphatic heterocycles. The van der Waals surface area contributed by atoms with Gasteiger partial charge in [0.1, 0.15) is 5.75 Å². The SMILES string of the molecule is CC(=O)N1CCc2cc(NC(=O)C3Cc4ccccc4O3)ccc21. The molecule has 0 spiro atoms. The van der Waals surface area contributed by atoms with Crippen LogP contribution in [0.3, 0.4) is 0 Å². The van der Waals surface area contributed by atoms with Gasteiger partial charge < -0.3 is 15.0 Å². The Morgan fingerprint density at radius 3 is 2.79 bits per heavy atom. The zero-order chi connectivity index (χ0) is 16.7. The summed E-state index contributed by atoms with van der Waals surface area (Å²) in [5.74, 6) is 0.680.